The van der Waals surface area contributed by atoms with Crippen LogP contribution in [0.15, 0.2) is 42.6 Å². The summed E-state index contributed by atoms with van der Waals surface area (Å²) in [5.74, 6) is -0.403. The van der Waals surface area contributed by atoms with Gasteiger partial charge in [0.1, 0.15) is 5.82 Å². The molecule has 0 aliphatic carbocycles. The van der Waals surface area contributed by atoms with Crippen LogP contribution in [0.2, 0.25) is 5.02 Å². The van der Waals surface area contributed by atoms with Crippen LogP contribution in [0, 0.1) is 5.82 Å². The van der Waals surface area contributed by atoms with Crippen LogP contribution in [0.4, 0.5) is 24.8 Å². The van der Waals surface area contributed by atoms with Crippen LogP contribution in [0.25, 0.3) is 0 Å². The van der Waals surface area contributed by atoms with E-state index < -0.39 is 21.0 Å². The van der Waals surface area contributed by atoms with E-state index in [2.05, 4.69) is 27.2 Å². The lowest BCUT2D eigenvalue weighted by Gasteiger charge is -2.29. The average molecular weight is 595 g/mol. The van der Waals surface area contributed by atoms with E-state index in [4.69, 9.17) is 11.6 Å². The van der Waals surface area contributed by atoms with E-state index in [-0.39, 0.29) is 46.1 Å². The lowest BCUT2D eigenvalue weighted by atomic mass is 9.89. The Morgan fingerprint density at radius 2 is 1.82 bits per heavy atom. The Labute approximate surface area is 238 Å². The van der Waals surface area contributed by atoms with E-state index in [9.17, 15) is 21.6 Å². The van der Waals surface area contributed by atoms with E-state index in [1.165, 1.54) is 6.07 Å². The third kappa shape index (κ3) is 7.14. The number of alkyl halides is 2. The maximum absolute atomic E-state index is 15.0. The summed E-state index contributed by atoms with van der Waals surface area (Å²) < 4.78 is 67.1. The summed E-state index contributed by atoms with van der Waals surface area (Å²) in [6.45, 7) is 6.66. The van der Waals surface area contributed by atoms with Crippen molar-refractivity contribution in [2.75, 3.05) is 25.5 Å². The third-order valence-electron chi connectivity index (χ3n) is 7.31. The number of hydrogen-bond donors (Lipinski definition) is 1. The number of rotatable bonds is 8. The summed E-state index contributed by atoms with van der Waals surface area (Å²) in [5.41, 5.74) is 1.77. The van der Waals surface area contributed by atoms with Gasteiger partial charge in [-0.2, -0.15) is 0 Å². The third-order valence-corrected chi connectivity index (χ3v) is 10.2. The first-order valence-electron chi connectivity index (χ1n) is 13.1. The van der Waals surface area contributed by atoms with Gasteiger partial charge >= 0.3 is 0 Å². The van der Waals surface area contributed by atoms with Gasteiger partial charge < -0.3 is 10.2 Å². The number of nitrogens with zero attached hydrogens (tertiary/aromatic N) is 3. The molecule has 2 heterocycles. The maximum Gasteiger partial charge on any atom is 0.267 e. The highest BCUT2D eigenvalue weighted by atomic mass is 35.5. The Hall–Kier alpha value is -2.69. The number of anilines is 2. The van der Waals surface area contributed by atoms with Gasteiger partial charge in [0.15, 0.2) is 9.84 Å². The lowest BCUT2D eigenvalue weighted by Crippen LogP contribution is -2.29. The van der Waals surface area contributed by atoms with Gasteiger partial charge in [-0.1, -0.05) is 29.8 Å². The van der Waals surface area contributed by atoms with Gasteiger partial charge in [-0.15, -0.1) is 0 Å². The zero-order valence-corrected chi connectivity index (χ0v) is 24.6. The molecule has 0 saturated carbocycles. The normalized spacial score (nSPS) is 15.5. The van der Waals surface area contributed by atoms with Gasteiger partial charge in [0.25, 0.3) is 6.43 Å². The predicted octanol–water partition coefficient (Wildman–Crippen LogP) is 7.06. The van der Waals surface area contributed by atoms with Crippen LogP contribution < -0.4 is 5.32 Å². The average Bonchev–Trinajstić information content (AvgIpc) is 2.86. The molecule has 0 spiro atoms. The highest BCUT2D eigenvalue weighted by Gasteiger charge is 2.30. The molecule has 2 aromatic carbocycles. The molecule has 216 valence electrons. The standard InChI is InChI=1S/C29H34ClF3N4O2S/c1-29(2,3)40(38,39)17-20-13-18(5-8-24(20)30)14-26-23(27(32)33)16-34-28(36-26)35-21-6-7-22(25(31)15-21)19-9-11-37(4)12-10-19/h5-8,13,15-16,19,27H,9-12,14,17H2,1-4H3,(H,34,35,36). The minimum Gasteiger partial charge on any atom is -0.324 e. The molecule has 1 saturated heterocycles. The largest absolute Gasteiger partial charge is 0.324 e. The van der Waals surface area contributed by atoms with Crippen LogP contribution in [0.1, 0.15) is 73.9 Å². The van der Waals surface area contributed by atoms with Crippen molar-refractivity contribution in [3.63, 3.8) is 0 Å². The first-order chi connectivity index (χ1) is 18.7. The molecular weight excluding hydrogens is 561 g/mol. The van der Waals surface area contributed by atoms with Crippen LogP contribution in [0.3, 0.4) is 0 Å². The fourth-order valence-electron chi connectivity index (χ4n) is 4.66. The molecule has 1 fully saturated rings. The number of sulfone groups is 1. The molecule has 0 radical (unpaired) electrons. The number of hydrogen-bond acceptors (Lipinski definition) is 6. The second-order valence-electron chi connectivity index (χ2n) is 11.3. The Balaban J connectivity index is 1.57. The van der Waals surface area contributed by atoms with Crippen molar-refractivity contribution in [1.29, 1.82) is 0 Å². The number of benzene rings is 2. The molecular formula is C29H34ClF3N4O2S. The molecule has 0 atom stereocenters. The molecule has 1 aliphatic heterocycles. The maximum atomic E-state index is 15.0. The number of aromatic nitrogens is 2. The van der Waals surface area contributed by atoms with E-state index in [1.54, 1.807) is 51.1 Å². The van der Waals surface area contributed by atoms with Gasteiger partial charge in [-0.25, -0.2) is 31.6 Å². The molecule has 11 heteroatoms. The zero-order valence-electron chi connectivity index (χ0n) is 23.0. The van der Waals surface area contributed by atoms with Crippen LogP contribution in [-0.2, 0) is 22.0 Å². The second kappa shape index (κ2) is 12.0. The van der Waals surface area contributed by atoms with Crippen molar-refractivity contribution < 1.29 is 21.6 Å². The Morgan fingerprint density at radius 1 is 1.12 bits per heavy atom. The van der Waals surface area contributed by atoms with Crippen molar-refractivity contribution in [3.05, 3.63) is 81.4 Å². The van der Waals surface area contributed by atoms with E-state index in [0.717, 1.165) is 32.1 Å². The summed E-state index contributed by atoms with van der Waals surface area (Å²) in [6.07, 6.45) is 0.00918. The smallest absolute Gasteiger partial charge is 0.267 e. The number of likely N-dealkylation sites (tertiary alicyclic amines) is 1. The minimum atomic E-state index is -3.52. The molecule has 4 rings (SSSR count). The van der Waals surface area contributed by atoms with Crippen molar-refractivity contribution in [1.82, 2.24) is 14.9 Å². The highest BCUT2D eigenvalue weighted by molar-refractivity contribution is 7.91. The summed E-state index contributed by atoms with van der Waals surface area (Å²) in [5, 5.41) is 3.21. The topological polar surface area (TPSA) is 75.2 Å². The van der Waals surface area contributed by atoms with Crippen molar-refractivity contribution in [3.8, 4) is 0 Å². The first kappa shape index (κ1) is 30.3. The summed E-state index contributed by atoms with van der Waals surface area (Å²) in [6, 6.07) is 9.68. The molecule has 0 amide bonds. The van der Waals surface area contributed by atoms with E-state index in [1.807, 2.05) is 0 Å². The molecule has 0 unspecified atom stereocenters. The summed E-state index contributed by atoms with van der Waals surface area (Å²) in [7, 11) is -1.46. The second-order valence-corrected chi connectivity index (χ2v) is 14.5. The van der Waals surface area contributed by atoms with E-state index >= 15 is 0 Å². The lowest BCUT2D eigenvalue weighted by molar-refractivity contribution is 0.149. The van der Waals surface area contributed by atoms with Gasteiger partial charge in [0.05, 0.1) is 21.8 Å². The van der Waals surface area contributed by atoms with Crippen LogP contribution >= 0.6 is 11.6 Å². The molecule has 3 aromatic rings. The quantitative estimate of drug-likeness (QED) is 0.301. The molecule has 1 N–H and O–H groups in total. The molecule has 0 bridgehead atoms. The van der Waals surface area contributed by atoms with Gasteiger partial charge in [0, 0.05) is 23.3 Å². The molecule has 6 nitrogen and oxygen atoms in total. The highest BCUT2D eigenvalue weighted by Crippen LogP contribution is 2.32. The molecule has 1 aromatic heterocycles. The van der Waals surface area contributed by atoms with Crippen molar-refractivity contribution in [2.45, 2.75) is 62.9 Å². The van der Waals surface area contributed by atoms with Crippen molar-refractivity contribution >= 4 is 33.1 Å². The Kier molecular flexibility index (Phi) is 9.11. The minimum absolute atomic E-state index is 0.0000327. The SMILES string of the molecule is CN1CCC(c2ccc(Nc3ncc(C(F)F)c(Cc4ccc(Cl)c(CS(=O)(=O)C(C)(C)C)c4)n3)cc2F)CC1. The Morgan fingerprint density at radius 3 is 2.45 bits per heavy atom. The fourth-order valence-corrected chi connectivity index (χ4v) is 6.00. The van der Waals surface area contributed by atoms with Crippen LogP contribution in [-0.4, -0.2) is 48.2 Å². The molecule has 1 aliphatic rings. The van der Waals surface area contributed by atoms with Crippen LogP contribution in [0.5, 0.6) is 0 Å². The van der Waals surface area contributed by atoms with Crippen molar-refractivity contribution in [2.24, 2.45) is 0 Å². The first-order valence-corrected chi connectivity index (χ1v) is 15.1. The fraction of sp³-hybridized carbons (Fsp3) is 0.448. The van der Waals surface area contributed by atoms with E-state index in [0.29, 0.717) is 22.4 Å². The summed E-state index contributed by atoms with van der Waals surface area (Å²) >= 11 is 6.28. The number of nitrogens with one attached hydrogen (secondary N) is 1. The zero-order chi connectivity index (χ0) is 29.2. The van der Waals surface area contributed by atoms with Gasteiger partial charge in [-0.3, -0.25) is 0 Å². The van der Waals surface area contributed by atoms with Gasteiger partial charge in [0.2, 0.25) is 5.95 Å². The number of halogens is 4. The van der Waals surface area contributed by atoms with Gasteiger partial charge in [-0.05, 0) is 94.6 Å². The summed E-state index contributed by atoms with van der Waals surface area (Å²) in [4.78, 5) is 10.6. The Bertz CT molecular complexity index is 1470. The monoisotopic (exact) mass is 594 g/mol. The number of piperidine rings is 1. The predicted molar refractivity (Wildman–Crippen MR) is 153 cm³/mol. The molecule has 40 heavy (non-hydrogen) atoms.